The molecule has 2 aromatic rings. The zero-order valence-corrected chi connectivity index (χ0v) is 13.8. The van der Waals surface area contributed by atoms with Gasteiger partial charge in [-0.1, -0.05) is 22.0 Å². The third-order valence-corrected chi connectivity index (χ3v) is 6.17. The Morgan fingerprint density at radius 2 is 1.35 bits per heavy atom. The van der Waals surface area contributed by atoms with Gasteiger partial charge in [-0.3, -0.25) is 0 Å². The van der Waals surface area contributed by atoms with Crippen molar-refractivity contribution in [2.24, 2.45) is 0 Å². The molecule has 0 saturated heterocycles. The monoisotopic (exact) mass is 394 g/mol. The Morgan fingerprint density at radius 3 is 1.90 bits per heavy atom. The first kappa shape index (κ1) is 15.5. The highest BCUT2D eigenvalue weighted by atomic mass is 79.9. The van der Waals surface area contributed by atoms with Crippen LogP contribution in [0.25, 0.3) is 0 Å². The smallest absolute Gasteiger partial charge is 0.219 e. The molecule has 4 nitrogen and oxygen atoms in total. The summed E-state index contributed by atoms with van der Waals surface area (Å²) >= 11 is 3.21. The van der Waals surface area contributed by atoms with E-state index < -0.39 is 18.9 Å². The second kappa shape index (κ2) is 5.48. The van der Waals surface area contributed by atoms with Crippen molar-refractivity contribution in [2.75, 3.05) is 0 Å². The Kier molecular flexibility index (Phi) is 4.24. The van der Waals surface area contributed by atoms with Gasteiger partial charge in [0.25, 0.3) is 9.05 Å². The fourth-order valence-electron chi connectivity index (χ4n) is 1.54. The van der Waals surface area contributed by atoms with Crippen LogP contribution in [0.15, 0.2) is 67.7 Å². The molecule has 2 rings (SSSR count). The third-order valence-electron chi connectivity index (χ3n) is 2.52. The van der Waals surface area contributed by atoms with Crippen LogP contribution in [0.2, 0.25) is 0 Å². The Hall–Kier alpha value is -0.890. The van der Waals surface area contributed by atoms with Gasteiger partial charge in [-0.05, 0) is 42.5 Å². The largest absolute Gasteiger partial charge is 0.261 e. The molecule has 0 amide bonds. The molecule has 0 saturated carbocycles. The van der Waals surface area contributed by atoms with Crippen LogP contribution >= 0.6 is 26.6 Å². The Morgan fingerprint density at radius 1 is 0.800 bits per heavy atom. The standard InChI is InChI=1S/C12H8BrClO4S2/c13-9-4-6-10(7-5-9)19(15,16)11-2-1-3-12(8-11)20(14,17)18/h1-8H. The maximum Gasteiger partial charge on any atom is 0.261 e. The molecule has 0 aromatic heterocycles. The minimum Gasteiger partial charge on any atom is -0.219 e. The quantitative estimate of drug-likeness (QED) is 0.748. The van der Waals surface area contributed by atoms with E-state index in [1.165, 1.54) is 30.3 Å². The van der Waals surface area contributed by atoms with Gasteiger partial charge in [-0.25, -0.2) is 16.8 Å². The zero-order valence-electron chi connectivity index (χ0n) is 9.82. The summed E-state index contributed by atoms with van der Waals surface area (Å²) in [7, 11) is -2.54. The molecule has 0 aliphatic rings. The molecule has 0 unspecified atom stereocenters. The number of rotatable bonds is 3. The Labute approximate surface area is 129 Å². The molecule has 0 fully saturated rings. The number of benzene rings is 2. The van der Waals surface area contributed by atoms with E-state index in [1.54, 1.807) is 12.1 Å². The summed E-state index contributed by atoms with van der Waals surface area (Å²) < 4.78 is 48.0. The van der Waals surface area contributed by atoms with Crippen LogP contribution in [0, 0.1) is 0 Å². The molecule has 0 N–H and O–H groups in total. The van der Waals surface area contributed by atoms with Gasteiger partial charge in [0.2, 0.25) is 9.84 Å². The Balaban J connectivity index is 2.58. The van der Waals surface area contributed by atoms with E-state index >= 15 is 0 Å². The number of halogens is 2. The lowest BCUT2D eigenvalue weighted by Crippen LogP contribution is -2.03. The summed E-state index contributed by atoms with van der Waals surface area (Å²) in [5.74, 6) is 0. The van der Waals surface area contributed by atoms with E-state index in [2.05, 4.69) is 15.9 Å². The third kappa shape index (κ3) is 3.22. The highest BCUT2D eigenvalue weighted by Gasteiger charge is 2.20. The molecule has 0 radical (unpaired) electrons. The fraction of sp³-hybridized carbons (Fsp3) is 0. The van der Waals surface area contributed by atoms with Crippen LogP contribution in [-0.4, -0.2) is 16.8 Å². The predicted molar refractivity (Wildman–Crippen MR) is 79.1 cm³/mol. The van der Waals surface area contributed by atoms with Crippen LogP contribution < -0.4 is 0 Å². The first-order chi connectivity index (χ1) is 9.21. The molecule has 0 aliphatic carbocycles. The summed E-state index contributed by atoms with van der Waals surface area (Å²) in [5.41, 5.74) is 0. The highest BCUT2D eigenvalue weighted by molar-refractivity contribution is 9.10. The van der Waals surface area contributed by atoms with Crippen LogP contribution in [0.5, 0.6) is 0 Å². The molecule has 0 heterocycles. The van der Waals surface area contributed by atoms with Crippen LogP contribution in [0.4, 0.5) is 0 Å². The molecule has 0 atom stereocenters. The normalized spacial score (nSPS) is 12.3. The van der Waals surface area contributed by atoms with Crippen LogP contribution in [0.1, 0.15) is 0 Å². The highest BCUT2D eigenvalue weighted by Crippen LogP contribution is 2.25. The van der Waals surface area contributed by atoms with Crippen LogP contribution in [0.3, 0.4) is 0 Å². The zero-order chi connectivity index (χ0) is 15.0. The van der Waals surface area contributed by atoms with Gasteiger partial charge in [0.15, 0.2) is 0 Å². The summed E-state index contributed by atoms with van der Waals surface area (Å²) in [6, 6.07) is 11.0. The summed E-state index contributed by atoms with van der Waals surface area (Å²) in [6.07, 6.45) is 0. The van der Waals surface area contributed by atoms with Crippen molar-refractivity contribution < 1.29 is 16.8 Å². The van der Waals surface area contributed by atoms with Gasteiger partial charge in [0.05, 0.1) is 14.7 Å². The fourth-order valence-corrected chi connectivity index (χ4v) is 3.98. The minimum atomic E-state index is -3.97. The van der Waals surface area contributed by atoms with E-state index in [9.17, 15) is 16.8 Å². The lowest BCUT2D eigenvalue weighted by Gasteiger charge is -2.06. The summed E-state index contributed by atoms with van der Waals surface area (Å²) in [6.45, 7) is 0. The van der Waals surface area contributed by atoms with E-state index in [-0.39, 0.29) is 14.7 Å². The molecule has 2 aromatic carbocycles. The molecule has 0 spiro atoms. The molecule has 0 aliphatic heterocycles. The number of hydrogen-bond donors (Lipinski definition) is 0. The molecule has 106 valence electrons. The van der Waals surface area contributed by atoms with Gasteiger partial charge in [-0.15, -0.1) is 0 Å². The number of sulfone groups is 1. The summed E-state index contributed by atoms with van der Waals surface area (Å²) in [5, 5.41) is 0. The van der Waals surface area contributed by atoms with Crippen molar-refractivity contribution in [3.8, 4) is 0 Å². The first-order valence-corrected chi connectivity index (χ1v) is 9.85. The summed E-state index contributed by atoms with van der Waals surface area (Å²) in [4.78, 5) is -0.302. The Bertz CT molecular complexity index is 843. The second-order valence-corrected chi connectivity index (χ2v) is 9.30. The van der Waals surface area contributed by atoms with Crippen molar-refractivity contribution in [1.82, 2.24) is 0 Å². The van der Waals surface area contributed by atoms with E-state index in [4.69, 9.17) is 10.7 Å². The number of hydrogen-bond acceptors (Lipinski definition) is 4. The predicted octanol–water partition coefficient (Wildman–Crippen LogP) is 3.21. The molecule has 0 bridgehead atoms. The maximum atomic E-state index is 12.4. The van der Waals surface area contributed by atoms with Crippen LogP contribution in [-0.2, 0) is 18.9 Å². The average molecular weight is 396 g/mol. The maximum absolute atomic E-state index is 12.4. The SMILES string of the molecule is O=S(=O)(Cl)c1cccc(S(=O)(=O)c2ccc(Br)cc2)c1. The van der Waals surface area contributed by atoms with Crippen molar-refractivity contribution in [3.63, 3.8) is 0 Å². The minimum absolute atomic E-state index is 0.0739. The second-order valence-electron chi connectivity index (χ2n) is 3.87. The van der Waals surface area contributed by atoms with Gasteiger partial charge >= 0.3 is 0 Å². The topological polar surface area (TPSA) is 68.3 Å². The van der Waals surface area contributed by atoms with Crippen molar-refractivity contribution in [3.05, 3.63) is 53.0 Å². The lowest BCUT2D eigenvalue weighted by atomic mass is 10.4. The van der Waals surface area contributed by atoms with E-state index in [0.717, 1.165) is 10.5 Å². The average Bonchev–Trinajstić information content (AvgIpc) is 2.38. The van der Waals surface area contributed by atoms with E-state index in [1.807, 2.05) is 0 Å². The van der Waals surface area contributed by atoms with Crippen molar-refractivity contribution in [2.45, 2.75) is 14.7 Å². The van der Waals surface area contributed by atoms with Gasteiger partial charge < -0.3 is 0 Å². The van der Waals surface area contributed by atoms with E-state index in [0.29, 0.717) is 0 Å². The molecular formula is C12H8BrClO4S2. The van der Waals surface area contributed by atoms with Gasteiger partial charge in [0.1, 0.15) is 0 Å². The van der Waals surface area contributed by atoms with Gasteiger partial charge in [-0.2, -0.15) is 0 Å². The molecular weight excluding hydrogens is 388 g/mol. The molecule has 8 heteroatoms. The van der Waals surface area contributed by atoms with Gasteiger partial charge in [0, 0.05) is 15.2 Å². The van der Waals surface area contributed by atoms with Crippen molar-refractivity contribution >= 4 is 45.5 Å². The first-order valence-electron chi connectivity index (χ1n) is 5.27. The van der Waals surface area contributed by atoms with Crippen molar-refractivity contribution in [1.29, 1.82) is 0 Å². The molecule has 20 heavy (non-hydrogen) atoms. The lowest BCUT2D eigenvalue weighted by molar-refractivity contribution is 0.595.